The van der Waals surface area contributed by atoms with Crippen molar-refractivity contribution >= 4 is 92.5 Å². The van der Waals surface area contributed by atoms with E-state index in [0.29, 0.717) is 26.0 Å². The number of anilines is 4. The van der Waals surface area contributed by atoms with E-state index in [1.165, 1.54) is 6.92 Å². The first kappa shape index (κ1) is 106. The summed E-state index contributed by atoms with van der Waals surface area (Å²) in [5.41, 5.74) is 14.8. The number of hydrogen-bond acceptors (Lipinski definition) is 48. The predicted octanol–water partition coefficient (Wildman–Crippen LogP) is -2.19. The number of imidazole rings is 2. The van der Waals surface area contributed by atoms with Crippen LogP contribution in [0.25, 0.3) is 22.3 Å². The van der Waals surface area contributed by atoms with Crippen LogP contribution in [0, 0.1) is 11.8 Å². The Morgan fingerprint density at radius 3 is 0.993 bits per heavy atom. The fourth-order valence-corrected chi connectivity index (χ4v) is 22.5. The zero-order valence-corrected chi connectivity index (χ0v) is 79.6. The van der Waals surface area contributed by atoms with Crippen molar-refractivity contribution in [1.29, 1.82) is 0 Å². The van der Waals surface area contributed by atoms with Gasteiger partial charge in [0.2, 0.25) is 0 Å². The number of aromatic nitrogens is 18. The van der Waals surface area contributed by atoms with Crippen molar-refractivity contribution < 1.29 is 172 Å². The van der Waals surface area contributed by atoms with E-state index >= 15 is 13.2 Å². The quantitative estimate of drug-likeness (QED) is 0.0181. The fraction of sp³-hybridized carbons (Fsp3) is 0.571. The fourth-order valence-electron chi connectivity index (χ4n) is 16.7. The van der Waals surface area contributed by atoms with E-state index in [9.17, 15) is 95.1 Å². The molecule has 7 aliphatic heterocycles. The predicted molar refractivity (Wildman–Crippen MR) is 462 cm³/mol. The minimum absolute atomic E-state index is 0.0812. The van der Waals surface area contributed by atoms with Crippen LogP contribution in [0.5, 0.6) is 0 Å². The van der Waals surface area contributed by atoms with Crippen LogP contribution in [-0.2, 0) is 129 Å². The molecule has 7 fully saturated rings. The number of halogens is 3. The van der Waals surface area contributed by atoms with Gasteiger partial charge in [-0.3, -0.25) is 116 Å². The van der Waals surface area contributed by atoms with Crippen LogP contribution in [0.15, 0.2) is 125 Å². The Morgan fingerprint density at radius 1 is 0.343 bits per heavy atom. The van der Waals surface area contributed by atoms with Gasteiger partial charge in [0.25, 0.3) is 16.7 Å². The lowest BCUT2D eigenvalue weighted by molar-refractivity contribution is -0.0675. The van der Waals surface area contributed by atoms with Crippen molar-refractivity contribution in [1.82, 2.24) is 86.8 Å². The van der Waals surface area contributed by atoms with Crippen molar-refractivity contribution in [3.05, 3.63) is 170 Å². The van der Waals surface area contributed by atoms with Gasteiger partial charge in [-0.2, -0.15) is 9.97 Å². The lowest BCUT2D eigenvalue weighted by Crippen LogP contribution is -2.39. The number of ether oxygens (including phenoxy) is 10. The van der Waals surface area contributed by atoms with E-state index in [1.54, 1.807) is 13.8 Å². The maximum Gasteiger partial charge on any atom is 0.472 e. The normalized spacial score (nSPS) is 33.0. The van der Waals surface area contributed by atoms with Crippen LogP contribution in [0.2, 0.25) is 0 Å². The number of alkyl halides is 3. The van der Waals surface area contributed by atoms with Gasteiger partial charge in [-0.25, -0.2) is 94.4 Å². The van der Waals surface area contributed by atoms with Crippen molar-refractivity contribution in [2.24, 2.45) is 11.8 Å². The molecule has 0 amide bonds. The highest BCUT2D eigenvalue weighted by atomic mass is 31.2. The molecule has 16 rings (SSSR count). The summed E-state index contributed by atoms with van der Waals surface area (Å²) in [6, 6.07) is 4.80. The van der Waals surface area contributed by atoms with Crippen LogP contribution in [0.1, 0.15) is 64.4 Å². The van der Waals surface area contributed by atoms with Crippen molar-refractivity contribution in [2.45, 2.75) is 181 Å². The van der Waals surface area contributed by atoms with Crippen LogP contribution >= 0.6 is 46.9 Å². The van der Waals surface area contributed by atoms with Gasteiger partial charge in [0, 0.05) is 76.4 Å². The van der Waals surface area contributed by atoms with E-state index in [-0.39, 0.29) is 45.6 Å². The third kappa shape index (κ3) is 22.8. The van der Waals surface area contributed by atoms with E-state index in [4.69, 9.17) is 125 Å². The number of hydrogen-bond donors (Lipinski definition) is 13. The molecular weight excluding hydrogens is 2060 g/mol. The Bertz CT molecular complexity index is 7030. The van der Waals surface area contributed by atoms with Gasteiger partial charge in [-0.05, 0) is 25.0 Å². The third-order valence-corrected chi connectivity index (χ3v) is 29.6. The first-order valence-electron chi connectivity index (χ1n) is 42.1. The molecule has 64 nitrogen and oxygen atoms in total. The monoisotopic (exact) mass is 2150 g/mol. The smallest absolute Gasteiger partial charge is 0.383 e. The maximum absolute atomic E-state index is 17.5. The first-order chi connectivity index (χ1) is 67.5. The number of H-pyrrole nitrogens is 3. The molecule has 0 spiro atoms. The second-order valence-electron chi connectivity index (χ2n) is 32.6. The SMILES string of the molecule is CO[C@H]1C(OP(=O)(O)OC[C@H]2O[C@@H](n3cnc4c(N)ncnc43)[C@@H](F)C2OP(=O)(O)OC[C@H]2O[C@@H](n3cnc4c(N)ncnc43)[C@@H](OC)C2OP(=O)(O)OC[C@H]2O[C@@H](n3ccc(=O)[nH]c3=O)[C@@H](F)C2OP(=O)(O)OC[C@H]2O[C@@H](n3ccc(N)nc3=O)[C@@H](OC)C2OP(=O)(O)OC[C@H]2O[C@@H](n3ccc(N)nc3=O)[C@@H](F)C2OP(=O)(O)OC[C@H]2O[C@@H](n3ccc(=O)[nH]c3=O)[C@@H](C)C2C)[C@@H](C)O[C@H]1n1ccc(=O)[nH]c1=O. The van der Waals surface area contributed by atoms with E-state index in [2.05, 4.69) is 44.9 Å². The van der Waals surface area contributed by atoms with Crippen LogP contribution < -0.4 is 68.1 Å². The summed E-state index contributed by atoms with van der Waals surface area (Å²) in [6.07, 6.45) is -43.9. The number of nitrogens with one attached hydrogen (secondary N) is 3. The molecule has 0 aliphatic carbocycles. The number of fused-ring (bicyclic) bond motifs is 2. The van der Waals surface area contributed by atoms with Crippen molar-refractivity contribution in [3.8, 4) is 0 Å². The molecule has 0 bridgehead atoms. The second-order valence-corrected chi connectivity index (χ2v) is 41.0. The average molecular weight is 2150 g/mol. The lowest BCUT2D eigenvalue weighted by Gasteiger charge is -2.28. The Kier molecular flexibility index (Phi) is 31.2. The number of methoxy groups -OCH3 is 3. The highest BCUT2D eigenvalue weighted by Crippen LogP contribution is 2.59. The van der Waals surface area contributed by atoms with Crippen LogP contribution in [0.3, 0.4) is 0 Å². The van der Waals surface area contributed by atoms with Gasteiger partial charge in [0.15, 0.2) is 78.8 Å². The number of phosphoric ester groups is 6. The number of nitrogens with two attached hydrogens (primary N) is 4. The molecule has 7 saturated heterocycles. The number of nitrogen functional groups attached to an aromatic ring is 4. The van der Waals surface area contributed by atoms with Crippen LogP contribution in [0.4, 0.5) is 36.4 Å². The molecule has 13 unspecified atom stereocenters. The molecule has 143 heavy (non-hydrogen) atoms. The van der Waals surface area contributed by atoms with Gasteiger partial charge in [0.1, 0.15) is 127 Å². The number of rotatable bonds is 40. The highest BCUT2D eigenvalue weighted by Gasteiger charge is 2.60. The van der Waals surface area contributed by atoms with Gasteiger partial charge < -0.3 is 99.7 Å². The Balaban J connectivity index is 0.627. The zero-order valence-electron chi connectivity index (χ0n) is 74.2. The Hall–Kier alpha value is -9.85. The van der Waals surface area contributed by atoms with Gasteiger partial charge in [-0.1, -0.05) is 13.8 Å². The number of aromatic amines is 3. The zero-order chi connectivity index (χ0) is 103. The summed E-state index contributed by atoms with van der Waals surface area (Å²) in [4.78, 5) is 209. The molecule has 9 aromatic rings. The largest absolute Gasteiger partial charge is 0.472 e. The van der Waals surface area contributed by atoms with Crippen molar-refractivity contribution in [2.75, 3.05) is 83.9 Å². The standard InChI is InChI=1S/C70H89F3N22O42P6/c1-27-28(2)59(89-14-9-38(96)86-68(89)101)126-30(27)17-119-139(106,107)133-47-31(127-60(41(47)71)90-12-7-36(74)84-66(90)99)18-121-142(112,113)136-50-34(130-64(53(50)117-5)92-13-8-37(75)85-67(92)100)21-123-140(108,109)134-48-32(128-61(42(48)72)91-15-10-39(97)87-69(91)102)19-122-143(114,115)137-51-35(131-65(54(51)118-6)95-26-83-45-56(77)79-24-81-58(45)95)22-124-141(110,111)135-49-33(129-62(43(49)73)94-25-82-44-55(76)78-23-80-57(44)94)20-120-138(104,105)132-46-29(3)125-63(52(46)116-4)93-16-11-40(98)88-70(93)103/h7-16,23-35,41-43,46-54,59-65H,17-22H2,1-6H3,(H,104,105)(H,106,107)(H,108,109)(H,110,111)(H,112,113)(H,114,115)(H2,74,84,99)(H2,75,85,100)(H2,76,78,80)(H2,77,79,81)(H,86,96,101)(H,87,97,102)(H,88,98,103)/t27?,28-,29+,30+,31+,32+,33+,34+,35+,41-,42-,43-,46?,47?,48?,49?,50?,51?,52-,53-,54-,59+,60+,61+,62+,63+,64+,65+/m0/s1. The first-order valence-corrected chi connectivity index (χ1v) is 51.0. The molecule has 0 saturated carbocycles. The molecule has 34 atom stereocenters. The van der Waals surface area contributed by atoms with E-state index < -0.39 is 303 Å². The van der Waals surface area contributed by atoms with Crippen LogP contribution in [-0.4, -0.2) is 293 Å². The summed E-state index contributed by atoms with van der Waals surface area (Å²) in [7, 11) is -32.1. The number of nitrogens with zero attached hydrogens (tertiary/aromatic N) is 15. The molecule has 7 aliphatic rings. The topological polar surface area (TPSA) is 853 Å². The number of phosphoric acid groups is 6. The van der Waals surface area contributed by atoms with E-state index in [1.807, 2.05) is 9.97 Å². The molecule has 0 radical (unpaired) electrons. The second kappa shape index (κ2) is 42.2. The Morgan fingerprint density at radius 2 is 0.622 bits per heavy atom. The van der Waals surface area contributed by atoms with Gasteiger partial charge >= 0.3 is 75.4 Å². The minimum atomic E-state index is -6.14. The van der Waals surface area contributed by atoms with Crippen molar-refractivity contribution in [3.63, 3.8) is 0 Å². The lowest BCUT2D eigenvalue weighted by atomic mass is 9.93. The van der Waals surface area contributed by atoms with E-state index in [0.717, 1.165) is 114 Å². The summed E-state index contributed by atoms with van der Waals surface area (Å²) >= 11 is 0. The summed E-state index contributed by atoms with van der Waals surface area (Å²) < 4.78 is 267. The maximum atomic E-state index is 17.5. The molecule has 17 N–H and O–H groups in total. The van der Waals surface area contributed by atoms with Gasteiger partial charge in [-0.15, -0.1) is 0 Å². The van der Waals surface area contributed by atoms with Gasteiger partial charge in [0.05, 0.1) is 64.5 Å². The Labute approximate surface area is 794 Å². The molecular formula is C70H89F3N22O42P6. The summed E-state index contributed by atoms with van der Waals surface area (Å²) in [6.45, 7) is -3.20. The average Bonchev–Trinajstić information content (AvgIpc) is 1.60. The molecule has 782 valence electrons. The molecule has 0 aromatic carbocycles. The third-order valence-electron chi connectivity index (χ3n) is 23.7. The molecule has 73 heteroatoms. The highest BCUT2D eigenvalue weighted by molar-refractivity contribution is 7.48. The minimum Gasteiger partial charge on any atom is -0.383 e. The molecule has 9 aromatic heterocycles. The summed E-state index contributed by atoms with van der Waals surface area (Å²) in [5.74, 6) is -2.24. The molecule has 16 heterocycles. The summed E-state index contributed by atoms with van der Waals surface area (Å²) in [5, 5.41) is 0.